The quantitative estimate of drug-likeness (QED) is 0.401. The molecule has 1 heterocycles. The number of carbonyl (C=O) groups excluding carboxylic acids is 1. The Morgan fingerprint density at radius 2 is 1.81 bits per heavy atom. The number of hydrogen-bond donors (Lipinski definition) is 1. The summed E-state index contributed by atoms with van der Waals surface area (Å²) in [6.45, 7) is -1.08. The number of methoxy groups -OCH3 is 1. The summed E-state index contributed by atoms with van der Waals surface area (Å²) in [6.07, 6.45) is 0. The number of amides is 1. The minimum absolute atomic E-state index is 0.0511. The predicted molar refractivity (Wildman–Crippen MR) is 112 cm³/mol. The lowest BCUT2D eigenvalue weighted by Gasteiger charge is -2.14. The number of para-hydroxylation sites is 1. The van der Waals surface area contributed by atoms with Crippen molar-refractivity contribution in [2.24, 2.45) is 0 Å². The van der Waals surface area contributed by atoms with Crippen molar-refractivity contribution in [3.05, 3.63) is 60.2 Å². The Morgan fingerprint density at radius 1 is 1.00 bits per heavy atom. The maximum atomic E-state index is 12.8. The Balaban J connectivity index is 1.67. The van der Waals surface area contributed by atoms with Gasteiger partial charge in [-0.15, -0.1) is 0 Å². The van der Waals surface area contributed by atoms with E-state index in [2.05, 4.69) is 10.1 Å². The molecule has 1 N–H and O–H groups in total. The molecule has 0 atom stereocenters. The molecule has 4 aromatic rings. The van der Waals surface area contributed by atoms with E-state index in [4.69, 9.17) is 13.9 Å². The Hall–Kier alpha value is -3.81. The van der Waals surface area contributed by atoms with Crippen LogP contribution in [-0.4, -0.2) is 26.2 Å². The van der Waals surface area contributed by atoms with Gasteiger partial charge in [-0.25, -0.2) is 0 Å². The summed E-state index contributed by atoms with van der Waals surface area (Å²) in [7, 11) is 1.50. The second kappa shape index (κ2) is 8.51. The van der Waals surface area contributed by atoms with E-state index in [1.165, 1.54) is 25.3 Å². The monoisotopic (exact) mass is 427 g/mol. The van der Waals surface area contributed by atoms with Crippen LogP contribution < -0.4 is 19.5 Å². The van der Waals surface area contributed by atoms with Crippen molar-refractivity contribution in [2.75, 3.05) is 19.0 Å². The Labute approximate surface area is 176 Å². The number of rotatable bonds is 7. The fourth-order valence-corrected chi connectivity index (χ4v) is 3.32. The second-order valence-corrected chi connectivity index (χ2v) is 6.57. The molecule has 1 amide bonds. The number of halogens is 2. The van der Waals surface area contributed by atoms with Crippen LogP contribution in [0.3, 0.4) is 0 Å². The summed E-state index contributed by atoms with van der Waals surface area (Å²) >= 11 is 0. The lowest BCUT2D eigenvalue weighted by atomic mass is 10.1. The molecule has 0 aliphatic heterocycles. The molecule has 0 unspecified atom stereocenters. The van der Waals surface area contributed by atoms with Crippen molar-refractivity contribution >= 4 is 33.5 Å². The zero-order valence-corrected chi connectivity index (χ0v) is 16.8. The first-order valence-electron chi connectivity index (χ1n) is 9.52. The van der Waals surface area contributed by atoms with E-state index in [1.54, 1.807) is 19.1 Å². The molecule has 0 fully saturated rings. The third kappa shape index (κ3) is 4.09. The molecule has 0 radical (unpaired) electrons. The fourth-order valence-electron chi connectivity index (χ4n) is 3.32. The molecule has 3 aromatic carbocycles. The van der Waals surface area contributed by atoms with E-state index in [9.17, 15) is 13.6 Å². The molecule has 0 aliphatic rings. The molecule has 1 aromatic heterocycles. The van der Waals surface area contributed by atoms with Crippen molar-refractivity contribution in [3.63, 3.8) is 0 Å². The maximum Gasteiger partial charge on any atom is 0.387 e. The molecular weight excluding hydrogens is 408 g/mol. The van der Waals surface area contributed by atoms with Crippen molar-refractivity contribution in [3.8, 4) is 17.2 Å². The summed E-state index contributed by atoms with van der Waals surface area (Å²) in [5.74, 6) is -0.113. The molecule has 0 aliphatic carbocycles. The molecule has 8 heteroatoms. The van der Waals surface area contributed by atoms with Crippen molar-refractivity contribution < 1.29 is 32.2 Å². The van der Waals surface area contributed by atoms with Crippen LogP contribution in [0.15, 0.2) is 59.0 Å². The number of anilines is 1. The van der Waals surface area contributed by atoms with Crippen molar-refractivity contribution in [1.29, 1.82) is 0 Å². The van der Waals surface area contributed by atoms with Crippen LogP contribution >= 0.6 is 0 Å². The lowest BCUT2D eigenvalue weighted by Crippen LogP contribution is -2.13. The van der Waals surface area contributed by atoms with Gasteiger partial charge in [-0.1, -0.05) is 18.2 Å². The number of benzene rings is 3. The topological polar surface area (TPSA) is 69.9 Å². The first-order chi connectivity index (χ1) is 15.0. The van der Waals surface area contributed by atoms with Gasteiger partial charge in [0.15, 0.2) is 11.5 Å². The van der Waals surface area contributed by atoms with E-state index in [-0.39, 0.29) is 23.7 Å². The third-order valence-electron chi connectivity index (χ3n) is 4.67. The van der Waals surface area contributed by atoms with Gasteiger partial charge in [-0.3, -0.25) is 4.79 Å². The summed E-state index contributed by atoms with van der Waals surface area (Å²) in [6, 6.07) is 15.1. The highest BCUT2D eigenvalue weighted by Crippen LogP contribution is 2.37. The summed E-state index contributed by atoms with van der Waals surface area (Å²) in [4.78, 5) is 12.8. The highest BCUT2D eigenvalue weighted by atomic mass is 19.3. The number of alkyl halides is 2. The van der Waals surface area contributed by atoms with Gasteiger partial charge in [-0.05, 0) is 37.3 Å². The standard InChI is InChI=1S/C23H19F2NO5/c1-3-29-21-10-13(8-9-18(21)31-23(24)25)22(27)26-16-12-19-15(11-20(16)28-2)14-6-4-5-7-17(14)30-19/h4-12,23H,3H2,1-2H3,(H,26,27). The average Bonchev–Trinajstić information content (AvgIpc) is 3.11. The van der Waals surface area contributed by atoms with E-state index in [0.29, 0.717) is 17.0 Å². The molecule has 0 spiro atoms. The predicted octanol–water partition coefficient (Wildman–Crippen LogP) is 5.85. The lowest BCUT2D eigenvalue weighted by molar-refractivity contribution is -0.0514. The molecule has 0 saturated heterocycles. The van der Waals surface area contributed by atoms with Gasteiger partial charge in [0.1, 0.15) is 16.9 Å². The number of ether oxygens (including phenoxy) is 3. The first-order valence-corrected chi connectivity index (χ1v) is 9.52. The molecule has 160 valence electrons. The van der Waals surface area contributed by atoms with Gasteiger partial charge in [0.2, 0.25) is 0 Å². The Kier molecular flexibility index (Phi) is 5.62. The fraction of sp³-hybridized carbons (Fsp3) is 0.174. The Bertz CT molecular complexity index is 1250. The third-order valence-corrected chi connectivity index (χ3v) is 4.67. The van der Waals surface area contributed by atoms with Crippen LogP contribution in [0.1, 0.15) is 17.3 Å². The van der Waals surface area contributed by atoms with Crippen LogP contribution in [0, 0.1) is 0 Å². The first kappa shape index (κ1) is 20.5. The maximum absolute atomic E-state index is 12.8. The van der Waals surface area contributed by atoms with E-state index in [0.717, 1.165) is 16.4 Å². The van der Waals surface area contributed by atoms with Crippen LogP contribution in [0.4, 0.5) is 14.5 Å². The number of furan rings is 1. The largest absolute Gasteiger partial charge is 0.495 e. The van der Waals surface area contributed by atoms with Gasteiger partial charge >= 0.3 is 6.61 Å². The normalized spacial score (nSPS) is 11.1. The zero-order valence-electron chi connectivity index (χ0n) is 16.8. The van der Waals surface area contributed by atoms with Crippen LogP contribution in [0.25, 0.3) is 21.9 Å². The van der Waals surface area contributed by atoms with Crippen molar-refractivity contribution in [2.45, 2.75) is 13.5 Å². The molecule has 6 nitrogen and oxygen atoms in total. The summed E-state index contributed by atoms with van der Waals surface area (Å²) < 4.78 is 46.3. The van der Waals surface area contributed by atoms with Crippen LogP contribution in [0.5, 0.6) is 17.2 Å². The second-order valence-electron chi connectivity index (χ2n) is 6.57. The molecule has 4 rings (SSSR count). The number of hydrogen-bond acceptors (Lipinski definition) is 5. The van der Waals surface area contributed by atoms with E-state index < -0.39 is 12.5 Å². The summed E-state index contributed by atoms with van der Waals surface area (Å²) in [5.41, 5.74) is 1.92. The average molecular weight is 427 g/mol. The van der Waals surface area contributed by atoms with Gasteiger partial charge < -0.3 is 23.9 Å². The van der Waals surface area contributed by atoms with Crippen molar-refractivity contribution in [1.82, 2.24) is 0 Å². The number of fused-ring (bicyclic) bond motifs is 3. The van der Waals surface area contributed by atoms with E-state index in [1.807, 2.05) is 24.3 Å². The van der Waals surface area contributed by atoms with Gasteiger partial charge in [0.25, 0.3) is 5.91 Å². The highest BCUT2D eigenvalue weighted by molar-refractivity contribution is 6.10. The zero-order chi connectivity index (χ0) is 22.0. The highest BCUT2D eigenvalue weighted by Gasteiger charge is 2.18. The molecule has 0 bridgehead atoms. The minimum atomic E-state index is -3.00. The molecule has 31 heavy (non-hydrogen) atoms. The summed E-state index contributed by atoms with van der Waals surface area (Å²) in [5, 5.41) is 4.57. The SMILES string of the molecule is CCOc1cc(C(=O)Nc2cc3oc4ccccc4c3cc2OC)ccc1OC(F)F. The number of nitrogens with one attached hydrogen (secondary N) is 1. The smallest absolute Gasteiger partial charge is 0.387 e. The molecule has 0 saturated carbocycles. The Morgan fingerprint density at radius 3 is 2.55 bits per heavy atom. The van der Waals surface area contributed by atoms with Gasteiger partial charge in [0, 0.05) is 22.4 Å². The van der Waals surface area contributed by atoms with Crippen LogP contribution in [-0.2, 0) is 0 Å². The number of carbonyl (C=O) groups is 1. The van der Waals surface area contributed by atoms with Gasteiger partial charge in [-0.2, -0.15) is 8.78 Å². The molecular formula is C23H19F2NO5. The van der Waals surface area contributed by atoms with E-state index >= 15 is 0 Å². The van der Waals surface area contributed by atoms with Crippen LogP contribution in [0.2, 0.25) is 0 Å². The minimum Gasteiger partial charge on any atom is -0.495 e. The van der Waals surface area contributed by atoms with Gasteiger partial charge in [0.05, 0.1) is 19.4 Å².